The van der Waals surface area contributed by atoms with Gasteiger partial charge in [-0.1, -0.05) is 24.7 Å². The van der Waals surface area contributed by atoms with Crippen molar-refractivity contribution >= 4 is 0 Å². The molecule has 1 saturated carbocycles. The highest BCUT2D eigenvalue weighted by atomic mass is 16.5. The van der Waals surface area contributed by atoms with Gasteiger partial charge in [-0.3, -0.25) is 0 Å². The molecule has 3 nitrogen and oxygen atoms in total. The van der Waals surface area contributed by atoms with Crippen LogP contribution < -0.4 is 4.74 Å². The SMILES string of the molecule is COc1ccc(C#CCO)cc1COC1CCCC1. The summed E-state index contributed by atoms with van der Waals surface area (Å²) in [6.45, 7) is 0.433. The Kier molecular flexibility index (Phi) is 5.26. The van der Waals surface area contributed by atoms with Gasteiger partial charge in [0, 0.05) is 11.1 Å². The van der Waals surface area contributed by atoms with Crippen LogP contribution in [0, 0.1) is 11.8 Å². The molecule has 0 spiro atoms. The maximum Gasteiger partial charge on any atom is 0.124 e. The van der Waals surface area contributed by atoms with Crippen LogP contribution in [0.3, 0.4) is 0 Å². The minimum absolute atomic E-state index is 0.125. The normalized spacial score (nSPS) is 15.1. The summed E-state index contributed by atoms with van der Waals surface area (Å²) in [7, 11) is 1.66. The monoisotopic (exact) mass is 260 g/mol. The lowest BCUT2D eigenvalue weighted by atomic mass is 10.1. The average molecular weight is 260 g/mol. The van der Waals surface area contributed by atoms with E-state index in [1.807, 2.05) is 18.2 Å². The van der Waals surface area contributed by atoms with Crippen LogP contribution >= 0.6 is 0 Å². The number of aliphatic hydroxyl groups excluding tert-OH is 1. The van der Waals surface area contributed by atoms with Crippen molar-refractivity contribution in [1.82, 2.24) is 0 Å². The highest BCUT2D eigenvalue weighted by Crippen LogP contribution is 2.25. The van der Waals surface area contributed by atoms with Crippen molar-refractivity contribution < 1.29 is 14.6 Å². The van der Waals surface area contributed by atoms with Crippen molar-refractivity contribution in [1.29, 1.82) is 0 Å². The van der Waals surface area contributed by atoms with E-state index in [-0.39, 0.29) is 6.61 Å². The molecule has 1 fully saturated rings. The van der Waals surface area contributed by atoms with E-state index in [1.54, 1.807) is 7.11 Å². The van der Waals surface area contributed by atoms with Crippen molar-refractivity contribution in [3.63, 3.8) is 0 Å². The van der Waals surface area contributed by atoms with Crippen molar-refractivity contribution in [3.05, 3.63) is 29.3 Å². The van der Waals surface area contributed by atoms with Gasteiger partial charge in [0.1, 0.15) is 12.4 Å². The van der Waals surface area contributed by atoms with Crippen LogP contribution in [0.5, 0.6) is 5.75 Å². The molecule has 0 unspecified atom stereocenters. The molecule has 0 heterocycles. The van der Waals surface area contributed by atoms with Gasteiger partial charge in [-0.2, -0.15) is 0 Å². The predicted molar refractivity (Wildman–Crippen MR) is 74.0 cm³/mol. The summed E-state index contributed by atoms with van der Waals surface area (Å²) >= 11 is 0. The van der Waals surface area contributed by atoms with E-state index in [2.05, 4.69) is 11.8 Å². The van der Waals surface area contributed by atoms with Crippen molar-refractivity contribution in [2.24, 2.45) is 0 Å². The first kappa shape index (κ1) is 13.9. The molecule has 3 heteroatoms. The molecule has 0 aromatic heterocycles. The summed E-state index contributed by atoms with van der Waals surface area (Å²) in [5, 5.41) is 8.72. The molecule has 0 atom stereocenters. The van der Waals surface area contributed by atoms with E-state index < -0.39 is 0 Å². The minimum atomic E-state index is -0.125. The van der Waals surface area contributed by atoms with E-state index in [0.29, 0.717) is 12.7 Å². The first-order chi connectivity index (χ1) is 9.33. The zero-order chi connectivity index (χ0) is 13.5. The van der Waals surface area contributed by atoms with Crippen LogP contribution in [0.2, 0.25) is 0 Å². The van der Waals surface area contributed by atoms with Gasteiger partial charge in [-0.15, -0.1) is 0 Å². The smallest absolute Gasteiger partial charge is 0.124 e. The van der Waals surface area contributed by atoms with Crippen LogP contribution in [-0.4, -0.2) is 24.9 Å². The fraction of sp³-hybridized carbons (Fsp3) is 0.500. The molecule has 0 radical (unpaired) electrons. The number of ether oxygens (including phenoxy) is 2. The molecule has 1 N–H and O–H groups in total. The van der Waals surface area contributed by atoms with Crippen molar-refractivity contribution in [2.75, 3.05) is 13.7 Å². The summed E-state index contributed by atoms with van der Waals surface area (Å²) in [5.74, 6) is 6.38. The van der Waals surface area contributed by atoms with Gasteiger partial charge < -0.3 is 14.6 Å². The summed E-state index contributed by atoms with van der Waals surface area (Å²) in [6, 6.07) is 5.76. The van der Waals surface area contributed by atoms with E-state index >= 15 is 0 Å². The molecule has 0 aliphatic heterocycles. The summed E-state index contributed by atoms with van der Waals surface area (Å²) < 4.78 is 11.3. The maximum absolute atomic E-state index is 8.72. The third-order valence-corrected chi connectivity index (χ3v) is 3.37. The lowest BCUT2D eigenvalue weighted by Gasteiger charge is -2.13. The van der Waals surface area contributed by atoms with Gasteiger partial charge in [0.25, 0.3) is 0 Å². The summed E-state index contributed by atoms with van der Waals surface area (Å²) in [4.78, 5) is 0. The lowest BCUT2D eigenvalue weighted by Crippen LogP contribution is -2.08. The van der Waals surface area contributed by atoms with E-state index in [0.717, 1.165) is 29.7 Å². The molecule has 102 valence electrons. The zero-order valence-corrected chi connectivity index (χ0v) is 11.3. The molecule has 0 bridgehead atoms. The molecule has 1 aliphatic rings. The van der Waals surface area contributed by atoms with Gasteiger partial charge in [0.15, 0.2) is 0 Å². The molecule has 2 rings (SSSR count). The fourth-order valence-corrected chi connectivity index (χ4v) is 2.37. The highest BCUT2D eigenvalue weighted by molar-refractivity contribution is 5.44. The predicted octanol–water partition coefficient (Wildman–Crippen LogP) is 2.50. The standard InChI is InChI=1S/C16H20O3/c1-18-16-9-8-13(5-4-10-17)11-14(16)12-19-15-6-2-3-7-15/h8-9,11,15,17H,2-3,6-7,10,12H2,1H3. The second-order valence-corrected chi connectivity index (χ2v) is 4.70. The lowest BCUT2D eigenvalue weighted by molar-refractivity contribution is 0.0446. The first-order valence-electron chi connectivity index (χ1n) is 6.71. The van der Waals surface area contributed by atoms with Crippen LogP contribution in [-0.2, 0) is 11.3 Å². The Bertz CT molecular complexity index is 465. The molecule has 19 heavy (non-hydrogen) atoms. The van der Waals surface area contributed by atoms with Gasteiger partial charge in [-0.05, 0) is 31.0 Å². The third-order valence-electron chi connectivity index (χ3n) is 3.37. The Morgan fingerprint density at radius 3 is 2.79 bits per heavy atom. The molecule has 0 saturated heterocycles. The fourth-order valence-electron chi connectivity index (χ4n) is 2.37. The number of methoxy groups -OCH3 is 1. The Labute approximate surface area is 114 Å². The van der Waals surface area contributed by atoms with Gasteiger partial charge in [0.2, 0.25) is 0 Å². The highest BCUT2D eigenvalue weighted by Gasteiger charge is 2.16. The molecule has 1 aromatic rings. The zero-order valence-electron chi connectivity index (χ0n) is 11.3. The molecule has 1 aliphatic carbocycles. The Morgan fingerprint density at radius 1 is 1.32 bits per heavy atom. The largest absolute Gasteiger partial charge is 0.496 e. The number of hydrogen-bond donors (Lipinski definition) is 1. The van der Waals surface area contributed by atoms with Gasteiger partial charge >= 0.3 is 0 Å². The van der Waals surface area contributed by atoms with E-state index in [9.17, 15) is 0 Å². The first-order valence-corrected chi connectivity index (χ1v) is 6.71. The van der Waals surface area contributed by atoms with Crippen LogP contribution in [0.25, 0.3) is 0 Å². The molecular formula is C16H20O3. The quantitative estimate of drug-likeness (QED) is 0.845. The molecule has 0 amide bonds. The number of benzene rings is 1. The Balaban J connectivity index is 2.06. The Hall–Kier alpha value is -1.50. The molecular weight excluding hydrogens is 240 g/mol. The van der Waals surface area contributed by atoms with E-state index in [4.69, 9.17) is 14.6 Å². The van der Waals surface area contributed by atoms with Gasteiger partial charge in [-0.25, -0.2) is 0 Å². The number of hydrogen-bond acceptors (Lipinski definition) is 3. The minimum Gasteiger partial charge on any atom is -0.496 e. The Morgan fingerprint density at radius 2 is 2.11 bits per heavy atom. The number of rotatable bonds is 4. The third kappa shape index (κ3) is 3.99. The van der Waals surface area contributed by atoms with Crippen LogP contribution in [0.4, 0.5) is 0 Å². The second-order valence-electron chi connectivity index (χ2n) is 4.70. The average Bonchev–Trinajstić information content (AvgIpc) is 2.96. The summed E-state index contributed by atoms with van der Waals surface area (Å²) in [6.07, 6.45) is 5.24. The second kappa shape index (κ2) is 7.18. The molecule has 1 aromatic carbocycles. The number of aliphatic hydroxyl groups is 1. The van der Waals surface area contributed by atoms with Gasteiger partial charge in [0.05, 0.1) is 19.8 Å². The van der Waals surface area contributed by atoms with Crippen LogP contribution in [0.15, 0.2) is 18.2 Å². The maximum atomic E-state index is 8.72. The van der Waals surface area contributed by atoms with Crippen molar-refractivity contribution in [2.45, 2.75) is 38.4 Å². The topological polar surface area (TPSA) is 38.7 Å². The van der Waals surface area contributed by atoms with Crippen molar-refractivity contribution in [3.8, 4) is 17.6 Å². The summed E-state index contributed by atoms with van der Waals surface area (Å²) in [5.41, 5.74) is 1.89. The van der Waals surface area contributed by atoms with E-state index in [1.165, 1.54) is 12.8 Å². The van der Waals surface area contributed by atoms with Crippen LogP contribution in [0.1, 0.15) is 36.8 Å².